The van der Waals surface area contributed by atoms with Gasteiger partial charge >= 0.3 is 0 Å². The second-order valence-corrected chi connectivity index (χ2v) is 4.15. The molecule has 1 aliphatic rings. The van der Waals surface area contributed by atoms with E-state index in [0.29, 0.717) is 5.92 Å². The zero-order valence-electron chi connectivity index (χ0n) is 7.42. The number of nitrogens with one attached hydrogen (secondary N) is 1. The maximum absolute atomic E-state index is 5.27. The molecule has 1 fully saturated rings. The van der Waals surface area contributed by atoms with E-state index in [1.807, 2.05) is 5.38 Å². The van der Waals surface area contributed by atoms with Crippen molar-refractivity contribution in [3.8, 4) is 12.3 Å². The molecule has 2 rings (SSSR count). The Balaban J connectivity index is 2.11. The molecule has 1 aromatic heterocycles. The maximum Gasteiger partial charge on any atom is 0.124 e. The van der Waals surface area contributed by atoms with Crippen molar-refractivity contribution < 1.29 is 0 Å². The molecule has 2 heterocycles. The van der Waals surface area contributed by atoms with Gasteiger partial charge in [-0.15, -0.1) is 17.8 Å². The average Bonchev–Trinajstić information content (AvgIpc) is 2.67. The smallest absolute Gasteiger partial charge is 0.124 e. The van der Waals surface area contributed by atoms with Gasteiger partial charge in [-0.2, -0.15) is 0 Å². The van der Waals surface area contributed by atoms with Crippen molar-refractivity contribution in [3.05, 3.63) is 16.1 Å². The molecular formula is C10H12N2S. The molecule has 0 radical (unpaired) electrons. The van der Waals surface area contributed by atoms with Crippen LogP contribution in [0.2, 0.25) is 0 Å². The second-order valence-electron chi connectivity index (χ2n) is 3.26. The predicted octanol–water partition coefficient (Wildman–Crippen LogP) is 1.59. The van der Waals surface area contributed by atoms with Crippen LogP contribution in [0.3, 0.4) is 0 Å². The first-order chi connectivity index (χ1) is 6.40. The number of thiazole rings is 1. The standard InChI is InChI=1S/C10H12N2S/c1-2-9-7-13-10(12-9)8-4-3-5-11-6-8/h1,7-8,11H,3-6H2. The molecule has 1 atom stereocenters. The lowest BCUT2D eigenvalue weighted by Gasteiger charge is -2.20. The van der Waals surface area contributed by atoms with Crippen LogP contribution in [0.25, 0.3) is 0 Å². The Morgan fingerprint density at radius 1 is 1.69 bits per heavy atom. The highest BCUT2D eigenvalue weighted by Gasteiger charge is 2.17. The second kappa shape index (κ2) is 3.91. The molecule has 2 nitrogen and oxygen atoms in total. The first-order valence-corrected chi connectivity index (χ1v) is 5.41. The predicted molar refractivity (Wildman–Crippen MR) is 54.9 cm³/mol. The highest BCUT2D eigenvalue weighted by atomic mass is 32.1. The molecule has 1 saturated heterocycles. The zero-order chi connectivity index (χ0) is 9.10. The van der Waals surface area contributed by atoms with E-state index in [4.69, 9.17) is 6.42 Å². The molecule has 1 aliphatic heterocycles. The van der Waals surface area contributed by atoms with E-state index in [-0.39, 0.29) is 0 Å². The number of hydrogen-bond donors (Lipinski definition) is 1. The highest BCUT2D eigenvalue weighted by molar-refractivity contribution is 7.09. The fourth-order valence-electron chi connectivity index (χ4n) is 1.60. The van der Waals surface area contributed by atoms with E-state index >= 15 is 0 Å². The molecule has 1 unspecified atom stereocenters. The molecule has 13 heavy (non-hydrogen) atoms. The molecule has 1 aromatic rings. The van der Waals surface area contributed by atoms with Crippen LogP contribution in [0.4, 0.5) is 0 Å². The molecule has 0 saturated carbocycles. The van der Waals surface area contributed by atoms with E-state index < -0.39 is 0 Å². The van der Waals surface area contributed by atoms with Gasteiger partial charge in [0.15, 0.2) is 0 Å². The summed E-state index contributed by atoms with van der Waals surface area (Å²) in [6.45, 7) is 2.20. The monoisotopic (exact) mass is 192 g/mol. The summed E-state index contributed by atoms with van der Waals surface area (Å²) in [5.74, 6) is 3.15. The van der Waals surface area contributed by atoms with Crippen molar-refractivity contribution >= 4 is 11.3 Å². The van der Waals surface area contributed by atoms with Gasteiger partial charge < -0.3 is 5.32 Å². The topological polar surface area (TPSA) is 24.9 Å². The fourth-order valence-corrected chi connectivity index (χ4v) is 2.50. The van der Waals surface area contributed by atoms with Crippen molar-refractivity contribution in [2.45, 2.75) is 18.8 Å². The molecule has 0 amide bonds. The summed E-state index contributed by atoms with van der Waals surface area (Å²) in [5, 5.41) is 6.53. The lowest BCUT2D eigenvalue weighted by Crippen LogP contribution is -2.28. The third kappa shape index (κ3) is 1.90. The van der Waals surface area contributed by atoms with Crippen molar-refractivity contribution in [1.29, 1.82) is 0 Å². The molecule has 3 heteroatoms. The van der Waals surface area contributed by atoms with Crippen molar-refractivity contribution in [3.63, 3.8) is 0 Å². The van der Waals surface area contributed by atoms with Crippen LogP contribution in [-0.4, -0.2) is 18.1 Å². The maximum atomic E-state index is 5.27. The summed E-state index contributed by atoms with van der Waals surface area (Å²) in [5.41, 5.74) is 0.783. The Morgan fingerprint density at radius 3 is 3.23 bits per heavy atom. The van der Waals surface area contributed by atoms with E-state index in [0.717, 1.165) is 18.8 Å². The molecule has 0 aromatic carbocycles. The third-order valence-corrected chi connectivity index (χ3v) is 3.32. The third-order valence-electron chi connectivity index (χ3n) is 2.32. The Morgan fingerprint density at radius 2 is 2.62 bits per heavy atom. The van der Waals surface area contributed by atoms with E-state index in [1.165, 1.54) is 17.8 Å². The quantitative estimate of drug-likeness (QED) is 0.683. The van der Waals surface area contributed by atoms with Gasteiger partial charge in [-0.3, -0.25) is 0 Å². The minimum atomic E-state index is 0.584. The van der Waals surface area contributed by atoms with Gasteiger partial charge in [-0.1, -0.05) is 0 Å². The Kier molecular flexibility index (Phi) is 2.62. The summed E-state index contributed by atoms with van der Waals surface area (Å²) in [6, 6.07) is 0. The van der Waals surface area contributed by atoms with Crippen LogP contribution < -0.4 is 5.32 Å². The van der Waals surface area contributed by atoms with Crippen LogP contribution in [0, 0.1) is 12.3 Å². The van der Waals surface area contributed by atoms with Gasteiger partial charge in [0.1, 0.15) is 5.69 Å². The summed E-state index contributed by atoms with van der Waals surface area (Å²) in [6.07, 6.45) is 7.76. The van der Waals surface area contributed by atoms with E-state index in [1.54, 1.807) is 11.3 Å². The normalized spacial score (nSPS) is 22.5. The Labute approximate surface area is 82.4 Å². The summed E-state index contributed by atoms with van der Waals surface area (Å²) in [4.78, 5) is 4.39. The Bertz CT molecular complexity index is 318. The van der Waals surface area contributed by atoms with Crippen molar-refractivity contribution in [1.82, 2.24) is 10.3 Å². The van der Waals surface area contributed by atoms with Crippen LogP contribution >= 0.6 is 11.3 Å². The number of rotatable bonds is 1. The Hall–Kier alpha value is -0.850. The number of hydrogen-bond acceptors (Lipinski definition) is 3. The first kappa shape index (κ1) is 8.74. The number of piperidine rings is 1. The van der Waals surface area contributed by atoms with Crippen LogP contribution in [0.5, 0.6) is 0 Å². The molecule has 0 bridgehead atoms. The average molecular weight is 192 g/mol. The molecular weight excluding hydrogens is 180 g/mol. The van der Waals surface area contributed by atoms with Crippen LogP contribution in [-0.2, 0) is 0 Å². The number of terminal acetylenes is 1. The van der Waals surface area contributed by atoms with Gasteiger partial charge in [0.2, 0.25) is 0 Å². The number of aromatic nitrogens is 1. The van der Waals surface area contributed by atoms with Crippen molar-refractivity contribution in [2.75, 3.05) is 13.1 Å². The first-order valence-electron chi connectivity index (χ1n) is 4.53. The van der Waals surface area contributed by atoms with Crippen LogP contribution in [0.1, 0.15) is 29.5 Å². The number of nitrogens with zero attached hydrogens (tertiary/aromatic N) is 1. The molecule has 0 spiro atoms. The largest absolute Gasteiger partial charge is 0.316 e. The van der Waals surface area contributed by atoms with Gasteiger partial charge in [0.05, 0.1) is 5.01 Å². The zero-order valence-corrected chi connectivity index (χ0v) is 8.23. The van der Waals surface area contributed by atoms with Gasteiger partial charge in [0.25, 0.3) is 0 Å². The van der Waals surface area contributed by atoms with E-state index in [2.05, 4.69) is 16.2 Å². The fraction of sp³-hybridized carbons (Fsp3) is 0.500. The summed E-state index contributed by atoms with van der Waals surface area (Å²) < 4.78 is 0. The van der Waals surface area contributed by atoms with Crippen LogP contribution in [0.15, 0.2) is 5.38 Å². The van der Waals surface area contributed by atoms with Crippen molar-refractivity contribution in [2.24, 2.45) is 0 Å². The van der Waals surface area contributed by atoms with E-state index in [9.17, 15) is 0 Å². The molecule has 0 aliphatic carbocycles. The van der Waals surface area contributed by atoms with Gasteiger partial charge in [-0.25, -0.2) is 4.98 Å². The lowest BCUT2D eigenvalue weighted by atomic mass is 10.0. The SMILES string of the molecule is C#Cc1csc(C2CCCNC2)n1. The highest BCUT2D eigenvalue weighted by Crippen LogP contribution is 2.25. The van der Waals surface area contributed by atoms with Gasteiger partial charge in [0, 0.05) is 17.8 Å². The molecule has 1 N–H and O–H groups in total. The minimum Gasteiger partial charge on any atom is -0.316 e. The van der Waals surface area contributed by atoms with Gasteiger partial charge in [-0.05, 0) is 25.3 Å². The lowest BCUT2D eigenvalue weighted by molar-refractivity contribution is 0.460. The minimum absolute atomic E-state index is 0.584. The summed E-state index contributed by atoms with van der Waals surface area (Å²) >= 11 is 1.69. The summed E-state index contributed by atoms with van der Waals surface area (Å²) in [7, 11) is 0. The molecule has 68 valence electrons.